The van der Waals surface area contributed by atoms with Gasteiger partial charge in [0.2, 0.25) is 5.89 Å². The van der Waals surface area contributed by atoms with Gasteiger partial charge >= 0.3 is 5.97 Å². The zero-order valence-corrected chi connectivity index (χ0v) is 19.7. The third-order valence-corrected chi connectivity index (χ3v) is 6.01. The van der Waals surface area contributed by atoms with Crippen molar-refractivity contribution < 1.29 is 23.4 Å². The Hall–Kier alpha value is -2.83. The maximum absolute atomic E-state index is 12.5. The number of carbonyl (C=O) groups is 1. The third kappa shape index (κ3) is 5.57. The Labute approximate surface area is 198 Å². The van der Waals surface area contributed by atoms with E-state index in [9.17, 15) is 4.79 Å². The lowest BCUT2D eigenvalue weighted by Crippen LogP contribution is -2.41. The smallest absolute Gasteiger partial charge is 0.338 e. The molecule has 1 atom stereocenters. The molecule has 0 radical (unpaired) electrons. The molecule has 1 fully saturated rings. The first-order valence-corrected chi connectivity index (χ1v) is 11.6. The van der Waals surface area contributed by atoms with Gasteiger partial charge in [0.1, 0.15) is 11.5 Å². The second-order valence-corrected chi connectivity index (χ2v) is 8.55. The average Bonchev–Trinajstić information content (AvgIpc) is 3.43. The first-order valence-electron chi connectivity index (χ1n) is 11.2. The van der Waals surface area contributed by atoms with E-state index < -0.39 is 5.60 Å². The molecule has 0 amide bonds. The van der Waals surface area contributed by atoms with Gasteiger partial charge in [0.05, 0.1) is 18.9 Å². The van der Waals surface area contributed by atoms with Crippen LogP contribution in [0.25, 0.3) is 11.5 Å². The van der Waals surface area contributed by atoms with Crippen LogP contribution >= 0.6 is 11.6 Å². The monoisotopic (exact) mass is 469 g/mol. The number of oxazole rings is 1. The minimum Gasteiger partial charge on any atom is -0.493 e. The summed E-state index contributed by atoms with van der Waals surface area (Å²) in [6, 6.07) is 15.2. The molecule has 0 spiro atoms. The molecule has 4 rings (SSSR count). The Morgan fingerprint density at radius 2 is 1.91 bits per heavy atom. The van der Waals surface area contributed by atoms with Crippen LogP contribution in [0.5, 0.6) is 5.75 Å². The Kier molecular flexibility index (Phi) is 7.36. The Morgan fingerprint density at radius 3 is 2.58 bits per heavy atom. The first kappa shape index (κ1) is 23.3. The number of halogens is 1. The topological polar surface area (TPSA) is 70.8 Å². The fraction of sp³-hybridized carbons (Fsp3) is 0.385. The van der Waals surface area contributed by atoms with Crippen LogP contribution < -0.4 is 4.74 Å². The van der Waals surface area contributed by atoms with Gasteiger partial charge in [0.15, 0.2) is 5.60 Å². The molecule has 3 aromatic rings. The molecule has 1 saturated heterocycles. The van der Waals surface area contributed by atoms with Crippen LogP contribution in [0.4, 0.5) is 0 Å². The maximum atomic E-state index is 12.5. The van der Waals surface area contributed by atoms with Crippen LogP contribution in [0.2, 0.25) is 5.02 Å². The molecule has 2 heterocycles. The standard InChI is InChI=1S/C26H28ClNO5/c1-3-30-25(29)26(14-4-15-32-26)17-19-5-11-22(12-6-19)31-16-13-23-18(2)33-24(28-23)20-7-9-21(27)10-8-20/h5-12H,3-4,13-17H2,1-2H3. The molecule has 1 aliphatic heterocycles. The van der Waals surface area contributed by atoms with Crippen LogP contribution in [0.1, 0.15) is 36.8 Å². The number of aromatic nitrogens is 1. The minimum atomic E-state index is -0.870. The largest absolute Gasteiger partial charge is 0.493 e. The number of esters is 1. The summed E-state index contributed by atoms with van der Waals surface area (Å²) in [6.07, 6.45) is 2.67. The zero-order valence-electron chi connectivity index (χ0n) is 18.9. The van der Waals surface area contributed by atoms with E-state index in [1.54, 1.807) is 0 Å². The minimum absolute atomic E-state index is 0.274. The highest BCUT2D eigenvalue weighted by molar-refractivity contribution is 6.30. The van der Waals surface area contributed by atoms with Crippen LogP contribution in [0, 0.1) is 6.92 Å². The summed E-state index contributed by atoms with van der Waals surface area (Å²) in [5.74, 6) is 1.84. The van der Waals surface area contributed by atoms with Gasteiger partial charge in [-0.25, -0.2) is 9.78 Å². The molecule has 1 aliphatic rings. The van der Waals surface area contributed by atoms with Crippen molar-refractivity contribution >= 4 is 17.6 Å². The summed E-state index contributed by atoms with van der Waals surface area (Å²) >= 11 is 5.95. The molecule has 6 nitrogen and oxygen atoms in total. The number of aryl methyl sites for hydroxylation is 1. The summed E-state index contributed by atoms with van der Waals surface area (Å²) in [4.78, 5) is 17.1. The van der Waals surface area contributed by atoms with Crippen molar-refractivity contribution in [3.05, 3.63) is 70.6 Å². The summed E-state index contributed by atoms with van der Waals surface area (Å²) in [5, 5.41) is 0.675. The number of carbonyl (C=O) groups excluding carboxylic acids is 1. The van der Waals surface area contributed by atoms with Gasteiger partial charge in [-0.05, 0) is 68.7 Å². The Bertz CT molecular complexity index is 1070. The second kappa shape index (κ2) is 10.4. The lowest BCUT2D eigenvalue weighted by Gasteiger charge is -2.26. The van der Waals surface area contributed by atoms with E-state index in [1.165, 1.54) is 0 Å². The van der Waals surface area contributed by atoms with Crippen LogP contribution in [-0.2, 0) is 27.1 Å². The Balaban J connectivity index is 1.33. The van der Waals surface area contributed by atoms with Gasteiger partial charge in [-0.3, -0.25) is 0 Å². The van der Waals surface area contributed by atoms with Crippen LogP contribution in [0.3, 0.4) is 0 Å². The van der Waals surface area contributed by atoms with E-state index in [2.05, 4.69) is 4.98 Å². The van der Waals surface area contributed by atoms with E-state index in [0.717, 1.165) is 34.8 Å². The van der Waals surface area contributed by atoms with Gasteiger partial charge in [-0.2, -0.15) is 0 Å². The summed E-state index contributed by atoms with van der Waals surface area (Å²) in [5.41, 5.74) is 1.89. The maximum Gasteiger partial charge on any atom is 0.338 e. The van der Waals surface area contributed by atoms with Crippen molar-refractivity contribution in [1.82, 2.24) is 4.98 Å². The summed E-state index contributed by atoms with van der Waals surface area (Å²) < 4.78 is 22.8. The van der Waals surface area contributed by atoms with Gasteiger partial charge in [-0.15, -0.1) is 0 Å². The molecule has 33 heavy (non-hydrogen) atoms. The molecule has 0 saturated carbocycles. The molecule has 0 aliphatic carbocycles. The highest BCUT2D eigenvalue weighted by Crippen LogP contribution is 2.32. The number of nitrogens with zero attached hydrogens (tertiary/aromatic N) is 1. The van der Waals surface area contributed by atoms with Crippen molar-refractivity contribution in [2.45, 2.75) is 45.1 Å². The van der Waals surface area contributed by atoms with Crippen molar-refractivity contribution in [1.29, 1.82) is 0 Å². The molecule has 174 valence electrons. The molecule has 0 bridgehead atoms. The fourth-order valence-corrected chi connectivity index (χ4v) is 4.13. The normalized spacial score (nSPS) is 17.8. The highest BCUT2D eigenvalue weighted by Gasteiger charge is 2.44. The van der Waals surface area contributed by atoms with Crippen molar-refractivity contribution in [2.75, 3.05) is 19.8 Å². The van der Waals surface area contributed by atoms with E-state index in [-0.39, 0.29) is 5.97 Å². The van der Waals surface area contributed by atoms with Crippen molar-refractivity contribution in [3.8, 4) is 17.2 Å². The number of ether oxygens (including phenoxy) is 3. The van der Waals surface area contributed by atoms with E-state index in [4.69, 9.17) is 30.2 Å². The molecule has 0 N–H and O–H groups in total. The van der Waals surface area contributed by atoms with Crippen molar-refractivity contribution in [2.24, 2.45) is 0 Å². The number of benzene rings is 2. The number of hydrogen-bond donors (Lipinski definition) is 0. The summed E-state index contributed by atoms with van der Waals surface area (Å²) in [7, 11) is 0. The molecule has 1 unspecified atom stereocenters. The third-order valence-electron chi connectivity index (χ3n) is 5.76. The fourth-order valence-electron chi connectivity index (χ4n) is 4.01. The lowest BCUT2D eigenvalue weighted by atomic mass is 9.91. The van der Waals surface area contributed by atoms with E-state index in [1.807, 2.05) is 62.4 Å². The Morgan fingerprint density at radius 1 is 1.15 bits per heavy atom. The summed E-state index contributed by atoms with van der Waals surface area (Å²) in [6.45, 7) is 5.12. The van der Waals surface area contributed by atoms with Crippen LogP contribution in [0.15, 0.2) is 52.9 Å². The van der Waals surface area contributed by atoms with Gasteiger partial charge in [0, 0.05) is 30.0 Å². The zero-order chi connectivity index (χ0) is 23.3. The van der Waals surface area contributed by atoms with Crippen LogP contribution in [-0.4, -0.2) is 36.4 Å². The number of hydrogen-bond acceptors (Lipinski definition) is 6. The predicted molar refractivity (Wildman–Crippen MR) is 126 cm³/mol. The SMILES string of the molecule is CCOC(=O)C1(Cc2ccc(OCCc3nc(-c4ccc(Cl)cc4)oc3C)cc2)CCCO1. The van der Waals surface area contributed by atoms with E-state index in [0.29, 0.717) is 50.0 Å². The van der Waals surface area contributed by atoms with Gasteiger partial charge < -0.3 is 18.6 Å². The molecular weight excluding hydrogens is 442 g/mol. The number of rotatable bonds is 9. The highest BCUT2D eigenvalue weighted by atomic mass is 35.5. The van der Waals surface area contributed by atoms with Crippen molar-refractivity contribution in [3.63, 3.8) is 0 Å². The lowest BCUT2D eigenvalue weighted by molar-refractivity contribution is -0.166. The van der Waals surface area contributed by atoms with Gasteiger partial charge in [0.25, 0.3) is 0 Å². The second-order valence-electron chi connectivity index (χ2n) is 8.11. The predicted octanol–water partition coefficient (Wildman–Crippen LogP) is 5.58. The first-order chi connectivity index (χ1) is 16.0. The molecule has 7 heteroatoms. The van der Waals surface area contributed by atoms with E-state index >= 15 is 0 Å². The average molecular weight is 470 g/mol. The molecular formula is C26H28ClNO5. The quantitative estimate of drug-likeness (QED) is 0.381. The molecule has 2 aromatic carbocycles. The van der Waals surface area contributed by atoms with Gasteiger partial charge in [-0.1, -0.05) is 23.7 Å². The molecule has 1 aromatic heterocycles.